The predicted molar refractivity (Wildman–Crippen MR) is 53.8 cm³/mol. The van der Waals surface area contributed by atoms with Gasteiger partial charge in [0.15, 0.2) is 0 Å². The SMILES string of the molecule is O=C(O)c1cc(F)c2sccc2c1Cl. The fraction of sp³-hybridized carbons (Fsp3) is 0. The number of fused-ring (bicyclic) bond motifs is 1. The van der Waals surface area contributed by atoms with Crippen LogP contribution in [0.5, 0.6) is 0 Å². The van der Waals surface area contributed by atoms with Crippen molar-refractivity contribution in [2.45, 2.75) is 0 Å². The normalized spacial score (nSPS) is 10.7. The lowest BCUT2D eigenvalue weighted by Crippen LogP contribution is -1.98. The van der Waals surface area contributed by atoms with Crippen LogP contribution in [0.4, 0.5) is 4.39 Å². The first-order chi connectivity index (χ1) is 6.61. The Morgan fingerprint density at radius 2 is 2.29 bits per heavy atom. The summed E-state index contributed by atoms with van der Waals surface area (Å²) in [5.74, 6) is -1.76. The molecule has 0 aliphatic heterocycles. The molecular formula is C9H4ClFO2S. The summed E-state index contributed by atoms with van der Waals surface area (Å²) in [5.41, 5.74) is -0.199. The van der Waals surface area contributed by atoms with Crippen LogP contribution in [0.2, 0.25) is 5.02 Å². The maximum Gasteiger partial charge on any atom is 0.337 e. The van der Waals surface area contributed by atoms with Crippen LogP contribution in [0.25, 0.3) is 10.1 Å². The van der Waals surface area contributed by atoms with Gasteiger partial charge in [-0.05, 0) is 17.5 Å². The molecule has 0 spiro atoms. The van der Waals surface area contributed by atoms with Crippen LogP contribution < -0.4 is 0 Å². The zero-order valence-corrected chi connectivity index (χ0v) is 8.32. The number of aromatic carboxylic acids is 1. The van der Waals surface area contributed by atoms with Gasteiger partial charge in [0.1, 0.15) is 5.82 Å². The number of thiophene rings is 1. The van der Waals surface area contributed by atoms with Crippen molar-refractivity contribution in [1.29, 1.82) is 0 Å². The second-order valence-electron chi connectivity index (χ2n) is 2.69. The van der Waals surface area contributed by atoms with Crippen LogP contribution in [0.3, 0.4) is 0 Å². The highest BCUT2D eigenvalue weighted by atomic mass is 35.5. The van der Waals surface area contributed by atoms with Crippen molar-refractivity contribution in [3.63, 3.8) is 0 Å². The van der Waals surface area contributed by atoms with Crippen LogP contribution in [0.1, 0.15) is 10.4 Å². The fourth-order valence-electron chi connectivity index (χ4n) is 1.22. The van der Waals surface area contributed by atoms with Gasteiger partial charge in [-0.2, -0.15) is 0 Å². The van der Waals surface area contributed by atoms with Gasteiger partial charge in [0.05, 0.1) is 15.3 Å². The van der Waals surface area contributed by atoms with E-state index in [9.17, 15) is 9.18 Å². The second kappa shape index (κ2) is 3.22. The molecule has 5 heteroatoms. The lowest BCUT2D eigenvalue weighted by atomic mass is 10.1. The lowest BCUT2D eigenvalue weighted by Gasteiger charge is -2.00. The molecule has 0 radical (unpaired) electrons. The Morgan fingerprint density at radius 3 is 2.93 bits per heavy atom. The molecule has 2 rings (SSSR count). The summed E-state index contributed by atoms with van der Waals surface area (Å²) in [6.07, 6.45) is 0. The average molecular weight is 231 g/mol. The summed E-state index contributed by atoms with van der Waals surface area (Å²) in [7, 11) is 0. The molecule has 0 fully saturated rings. The van der Waals surface area contributed by atoms with Gasteiger partial charge < -0.3 is 5.11 Å². The van der Waals surface area contributed by atoms with Crippen molar-refractivity contribution in [2.24, 2.45) is 0 Å². The van der Waals surface area contributed by atoms with Gasteiger partial charge in [-0.3, -0.25) is 0 Å². The van der Waals surface area contributed by atoms with E-state index in [2.05, 4.69) is 0 Å². The third-order valence-corrected chi connectivity index (χ3v) is 3.19. The van der Waals surface area contributed by atoms with E-state index in [0.717, 1.165) is 6.07 Å². The lowest BCUT2D eigenvalue weighted by molar-refractivity contribution is 0.0697. The Balaban J connectivity index is 2.88. The van der Waals surface area contributed by atoms with Crippen LogP contribution in [0, 0.1) is 5.82 Å². The number of benzene rings is 1. The summed E-state index contributed by atoms with van der Waals surface area (Å²) < 4.78 is 13.7. The van der Waals surface area contributed by atoms with Gasteiger partial charge in [0.2, 0.25) is 0 Å². The van der Waals surface area contributed by atoms with Gasteiger partial charge in [-0.25, -0.2) is 9.18 Å². The largest absolute Gasteiger partial charge is 0.478 e. The number of halogens is 2. The Hall–Kier alpha value is -1.13. The number of rotatable bonds is 1. The van der Waals surface area contributed by atoms with E-state index < -0.39 is 11.8 Å². The van der Waals surface area contributed by atoms with E-state index in [-0.39, 0.29) is 10.6 Å². The third-order valence-electron chi connectivity index (χ3n) is 1.86. The Morgan fingerprint density at radius 1 is 1.57 bits per heavy atom. The number of carbonyl (C=O) groups is 1. The highest BCUT2D eigenvalue weighted by Crippen LogP contribution is 2.33. The van der Waals surface area contributed by atoms with Gasteiger partial charge in [0, 0.05) is 5.39 Å². The van der Waals surface area contributed by atoms with E-state index in [0.29, 0.717) is 10.1 Å². The maximum absolute atomic E-state index is 13.3. The van der Waals surface area contributed by atoms with Crippen molar-refractivity contribution in [2.75, 3.05) is 0 Å². The average Bonchev–Trinajstić information content (AvgIpc) is 2.59. The molecule has 0 unspecified atom stereocenters. The Labute approximate surface area is 87.5 Å². The number of carboxylic acid groups (broad SMARTS) is 1. The molecule has 14 heavy (non-hydrogen) atoms. The van der Waals surface area contributed by atoms with Crippen molar-refractivity contribution in [3.05, 3.63) is 33.9 Å². The highest BCUT2D eigenvalue weighted by Gasteiger charge is 2.15. The second-order valence-corrected chi connectivity index (χ2v) is 3.98. The van der Waals surface area contributed by atoms with Crippen molar-refractivity contribution in [3.8, 4) is 0 Å². The molecule has 0 atom stereocenters. The molecule has 2 nitrogen and oxygen atoms in total. The zero-order chi connectivity index (χ0) is 10.3. The minimum absolute atomic E-state index is 0.0927. The minimum atomic E-state index is -1.22. The molecule has 0 aliphatic rings. The molecule has 0 bridgehead atoms. The first-order valence-corrected chi connectivity index (χ1v) is 4.95. The molecule has 1 heterocycles. The van der Waals surface area contributed by atoms with Crippen molar-refractivity contribution >= 4 is 39.0 Å². The predicted octanol–water partition coefficient (Wildman–Crippen LogP) is 3.39. The van der Waals surface area contributed by atoms with Crippen LogP contribution >= 0.6 is 22.9 Å². The van der Waals surface area contributed by atoms with E-state index >= 15 is 0 Å². The Kier molecular flexibility index (Phi) is 2.17. The first-order valence-electron chi connectivity index (χ1n) is 3.69. The standard InChI is InChI=1S/C9H4ClFO2S/c10-7-4-1-2-14-8(4)6(11)3-5(7)9(12)13/h1-3H,(H,12,13). The molecule has 72 valence electrons. The first kappa shape index (κ1) is 9.43. The molecule has 0 amide bonds. The van der Waals surface area contributed by atoms with Crippen LogP contribution in [-0.4, -0.2) is 11.1 Å². The van der Waals surface area contributed by atoms with E-state index in [1.54, 1.807) is 11.4 Å². The number of carboxylic acids is 1. The van der Waals surface area contributed by atoms with Gasteiger partial charge >= 0.3 is 5.97 Å². The molecular weight excluding hydrogens is 227 g/mol. The summed E-state index contributed by atoms with van der Waals surface area (Å²) in [4.78, 5) is 10.7. The van der Waals surface area contributed by atoms with Gasteiger partial charge in [-0.1, -0.05) is 11.6 Å². The van der Waals surface area contributed by atoms with Crippen LogP contribution in [0.15, 0.2) is 17.5 Å². The van der Waals surface area contributed by atoms with Gasteiger partial charge in [-0.15, -0.1) is 11.3 Å². The molecule has 2 aromatic rings. The summed E-state index contributed by atoms with van der Waals surface area (Å²) >= 11 is 7.01. The topological polar surface area (TPSA) is 37.3 Å². The molecule has 0 saturated carbocycles. The van der Waals surface area contributed by atoms with Crippen molar-refractivity contribution in [1.82, 2.24) is 0 Å². The van der Waals surface area contributed by atoms with Gasteiger partial charge in [0.25, 0.3) is 0 Å². The molecule has 1 aromatic heterocycles. The van der Waals surface area contributed by atoms with E-state index in [4.69, 9.17) is 16.7 Å². The fourth-order valence-corrected chi connectivity index (χ4v) is 2.38. The van der Waals surface area contributed by atoms with E-state index in [1.165, 1.54) is 11.3 Å². The molecule has 0 aliphatic carbocycles. The Bertz CT molecular complexity index is 521. The summed E-state index contributed by atoms with van der Waals surface area (Å²) in [5, 5.41) is 11.0. The summed E-state index contributed by atoms with van der Waals surface area (Å²) in [6, 6.07) is 2.56. The van der Waals surface area contributed by atoms with Crippen LogP contribution in [-0.2, 0) is 0 Å². The minimum Gasteiger partial charge on any atom is -0.478 e. The van der Waals surface area contributed by atoms with Crippen molar-refractivity contribution < 1.29 is 14.3 Å². The quantitative estimate of drug-likeness (QED) is 0.815. The number of hydrogen-bond acceptors (Lipinski definition) is 2. The van der Waals surface area contributed by atoms with E-state index in [1.807, 2.05) is 0 Å². The monoisotopic (exact) mass is 230 g/mol. The molecule has 1 N–H and O–H groups in total. The molecule has 0 saturated heterocycles. The number of hydrogen-bond donors (Lipinski definition) is 1. The zero-order valence-electron chi connectivity index (χ0n) is 6.75. The highest BCUT2D eigenvalue weighted by molar-refractivity contribution is 7.17. The third kappa shape index (κ3) is 1.27. The molecule has 1 aromatic carbocycles. The maximum atomic E-state index is 13.3. The smallest absolute Gasteiger partial charge is 0.337 e. The summed E-state index contributed by atoms with van der Waals surface area (Å²) in [6.45, 7) is 0.